The molecule has 3 N–H and O–H groups in total. The Morgan fingerprint density at radius 2 is 2.31 bits per heavy atom. The minimum absolute atomic E-state index is 0.258. The maximum Gasteiger partial charge on any atom is 0.144 e. The van der Waals surface area contributed by atoms with Gasteiger partial charge in [-0.1, -0.05) is 0 Å². The Hall–Kier alpha value is -1.20. The van der Waals surface area contributed by atoms with Crippen molar-refractivity contribution in [3.63, 3.8) is 0 Å². The van der Waals surface area contributed by atoms with Gasteiger partial charge in [0.1, 0.15) is 5.82 Å². The highest BCUT2D eigenvalue weighted by Gasteiger charge is 2.01. The SMILES string of the molecule is Cc1cncc(NCC(O)CO)n1. The van der Waals surface area contributed by atoms with E-state index >= 15 is 0 Å². The lowest BCUT2D eigenvalue weighted by Crippen LogP contribution is -2.23. The number of anilines is 1. The molecule has 1 aromatic rings. The second-order valence-electron chi connectivity index (χ2n) is 2.76. The van der Waals surface area contributed by atoms with Crippen LogP contribution in [0.1, 0.15) is 5.69 Å². The largest absolute Gasteiger partial charge is 0.394 e. The standard InChI is InChI=1S/C8H13N3O2/c1-6-2-9-4-8(11-6)10-3-7(13)5-12/h2,4,7,12-13H,3,5H2,1H3,(H,10,11). The molecule has 1 atom stereocenters. The number of aromatic nitrogens is 2. The number of rotatable bonds is 4. The molecule has 0 bridgehead atoms. The molecule has 0 spiro atoms. The molecular weight excluding hydrogens is 170 g/mol. The molecule has 72 valence electrons. The molecule has 0 saturated heterocycles. The van der Waals surface area contributed by atoms with Crippen molar-refractivity contribution in [2.45, 2.75) is 13.0 Å². The molecule has 13 heavy (non-hydrogen) atoms. The monoisotopic (exact) mass is 183 g/mol. The van der Waals surface area contributed by atoms with Crippen LogP contribution in [0.15, 0.2) is 12.4 Å². The summed E-state index contributed by atoms with van der Waals surface area (Å²) in [6, 6.07) is 0. The van der Waals surface area contributed by atoms with E-state index in [0.717, 1.165) is 5.69 Å². The van der Waals surface area contributed by atoms with Crippen LogP contribution in [-0.4, -0.2) is 39.4 Å². The Bertz CT molecular complexity index is 267. The molecule has 0 aromatic carbocycles. The quantitative estimate of drug-likeness (QED) is 0.589. The van der Waals surface area contributed by atoms with Crippen LogP contribution in [0.2, 0.25) is 0 Å². The number of aryl methyl sites for hydroxylation is 1. The van der Waals surface area contributed by atoms with E-state index < -0.39 is 6.10 Å². The highest BCUT2D eigenvalue weighted by atomic mass is 16.3. The minimum Gasteiger partial charge on any atom is -0.394 e. The summed E-state index contributed by atoms with van der Waals surface area (Å²) in [7, 11) is 0. The van der Waals surface area contributed by atoms with Crippen LogP contribution in [0, 0.1) is 6.92 Å². The maximum atomic E-state index is 9.03. The first kappa shape index (κ1) is 9.88. The molecule has 5 heteroatoms. The van der Waals surface area contributed by atoms with Crippen molar-refractivity contribution in [1.82, 2.24) is 9.97 Å². The van der Waals surface area contributed by atoms with Crippen LogP contribution < -0.4 is 5.32 Å². The number of nitrogens with zero attached hydrogens (tertiary/aromatic N) is 2. The number of aliphatic hydroxyl groups is 2. The fourth-order valence-electron chi connectivity index (χ4n) is 0.836. The van der Waals surface area contributed by atoms with Gasteiger partial charge in [-0.3, -0.25) is 4.98 Å². The Kier molecular flexibility index (Phi) is 3.60. The zero-order chi connectivity index (χ0) is 9.68. The van der Waals surface area contributed by atoms with E-state index in [1.165, 1.54) is 0 Å². The molecule has 1 aromatic heterocycles. The zero-order valence-corrected chi connectivity index (χ0v) is 7.44. The lowest BCUT2D eigenvalue weighted by Gasteiger charge is -2.08. The fraction of sp³-hybridized carbons (Fsp3) is 0.500. The Morgan fingerprint density at radius 3 is 2.92 bits per heavy atom. The van der Waals surface area contributed by atoms with Gasteiger partial charge in [-0.2, -0.15) is 0 Å². The predicted molar refractivity (Wildman–Crippen MR) is 48.4 cm³/mol. The van der Waals surface area contributed by atoms with E-state index in [4.69, 9.17) is 10.2 Å². The van der Waals surface area contributed by atoms with E-state index in [-0.39, 0.29) is 13.2 Å². The van der Waals surface area contributed by atoms with Crippen molar-refractivity contribution in [3.05, 3.63) is 18.1 Å². The summed E-state index contributed by atoms with van der Waals surface area (Å²) in [6.45, 7) is 1.85. The molecule has 0 fully saturated rings. The van der Waals surface area contributed by atoms with Crippen molar-refractivity contribution in [2.75, 3.05) is 18.5 Å². The summed E-state index contributed by atoms with van der Waals surface area (Å²) < 4.78 is 0. The molecule has 1 rings (SSSR count). The van der Waals surface area contributed by atoms with Gasteiger partial charge in [-0.05, 0) is 6.92 Å². The Morgan fingerprint density at radius 1 is 1.54 bits per heavy atom. The smallest absolute Gasteiger partial charge is 0.144 e. The first-order valence-electron chi connectivity index (χ1n) is 4.04. The van der Waals surface area contributed by atoms with E-state index in [9.17, 15) is 0 Å². The summed E-state index contributed by atoms with van der Waals surface area (Å²) in [5, 5.41) is 20.4. The summed E-state index contributed by atoms with van der Waals surface area (Å²) >= 11 is 0. The summed E-state index contributed by atoms with van der Waals surface area (Å²) in [6.07, 6.45) is 2.45. The zero-order valence-electron chi connectivity index (χ0n) is 7.44. The molecule has 0 aliphatic carbocycles. The first-order valence-corrected chi connectivity index (χ1v) is 4.04. The summed E-state index contributed by atoms with van der Waals surface area (Å²) in [5.41, 5.74) is 0.809. The van der Waals surface area contributed by atoms with Crippen LogP contribution in [-0.2, 0) is 0 Å². The van der Waals surface area contributed by atoms with Gasteiger partial charge < -0.3 is 15.5 Å². The normalized spacial score (nSPS) is 12.5. The average Bonchev–Trinajstić information content (AvgIpc) is 2.14. The van der Waals surface area contributed by atoms with Crippen LogP contribution in [0.25, 0.3) is 0 Å². The maximum absolute atomic E-state index is 9.03. The third-order valence-electron chi connectivity index (χ3n) is 1.48. The van der Waals surface area contributed by atoms with Crippen molar-refractivity contribution < 1.29 is 10.2 Å². The van der Waals surface area contributed by atoms with Gasteiger partial charge in [0.2, 0.25) is 0 Å². The molecule has 0 saturated carbocycles. The van der Waals surface area contributed by atoms with Gasteiger partial charge in [-0.25, -0.2) is 4.98 Å². The second kappa shape index (κ2) is 4.74. The molecule has 0 amide bonds. The van der Waals surface area contributed by atoms with E-state index in [2.05, 4.69) is 15.3 Å². The van der Waals surface area contributed by atoms with Crippen molar-refractivity contribution in [1.29, 1.82) is 0 Å². The highest BCUT2D eigenvalue weighted by molar-refractivity contribution is 5.31. The number of nitrogens with one attached hydrogen (secondary N) is 1. The molecule has 5 nitrogen and oxygen atoms in total. The van der Waals surface area contributed by atoms with Gasteiger partial charge in [0.05, 0.1) is 24.6 Å². The van der Waals surface area contributed by atoms with Crippen LogP contribution in [0.3, 0.4) is 0 Å². The van der Waals surface area contributed by atoms with Gasteiger partial charge in [0, 0.05) is 12.7 Å². The van der Waals surface area contributed by atoms with Crippen molar-refractivity contribution >= 4 is 5.82 Å². The summed E-state index contributed by atoms with van der Waals surface area (Å²) in [4.78, 5) is 8.03. The predicted octanol–water partition coefficient (Wildman–Crippen LogP) is -0.450. The Labute approximate surface area is 76.5 Å². The van der Waals surface area contributed by atoms with Gasteiger partial charge in [0.25, 0.3) is 0 Å². The van der Waals surface area contributed by atoms with Crippen molar-refractivity contribution in [2.24, 2.45) is 0 Å². The number of hydrogen-bond acceptors (Lipinski definition) is 5. The molecule has 1 unspecified atom stereocenters. The van der Waals surface area contributed by atoms with Crippen LogP contribution >= 0.6 is 0 Å². The Balaban J connectivity index is 2.45. The lowest BCUT2D eigenvalue weighted by molar-refractivity contribution is 0.105. The van der Waals surface area contributed by atoms with E-state index in [1.54, 1.807) is 12.4 Å². The minimum atomic E-state index is -0.762. The van der Waals surface area contributed by atoms with Gasteiger partial charge >= 0.3 is 0 Å². The first-order chi connectivity index (χ1) is 6.22. The highest BCUT2D eigenvalue weighted by Crippen LogP contribution is 2.00. The van der Waals surface area contributed by atoms with Crippen molar-refractivity contribution in [3.8, 4) is 0 Å². The molecule has 0 radical (unpaired) electrons. The van der Waals surface area contributed by atoms with E-state index in [0.29, 0.717) is 5.82 Å². The van der Waals surface area contributed by atoms with Crippen LogP contribution in [0.4, 0.5) is 5.82 Å². The molecule has 0 aliphatic heterocycles. The van der Waals surface area contributed by atoms with Gasteiger partial charge in [0.15, 0.2) is 0 Å². The van der Waals surface area contributed by atoms with Crippen LogP contribution in [0.5, 0.6) is 0 Å². The average molecular weight is 183 g/mol. The van der Waals surface area contributed by atoms with E-state index in [1.807, 2.05) is 6.92 Å². The third kappa shape index (κ3) is 3.35. The number of aliphatic hydroxyl groups excluding tert-OH is 2. The molecule has 1 heterocycles. The fourth-order valence-corrected chi connectivity index (χ4v) is 0.836. The van der Waals surface area contributed by atoms with Gasteiger partial charge in [-0.15, -0.1) is 0 Å². The second-order valence-corrected chi connectivity index (χ2v) is 2.76. The topological polar surface area (TPSA) is 78.3 Å². The lowest BCUT2D eigenvalue weighted by atomic mass is 10.4. The summed E-state index contributed by atoms with van der Waals surface area (Å²) in [5.74, 6) is 0.604. The number of hydrogen-bond donors (Lipinski definition) is 3. The molecular formula is C8H13N3O2. The molecule has 0 aliphatic rings. The third-order valence-corrected chi connectivity index (χ3v) is 1.48.